The lowest BCUT2D eigenvalue weighted by atomic mass is 10.1. The molecule has 0 aromatic heterocycles. The van der Waals surface area contributed by atoms with E-state index in [-0.39, 0.29) is 12.5 Å². The molecule has 0 aliphatic heterocycles. The van der Waals surface area contributed by atoms with Crippen LogP contribution in [0.2, 0.25) is 0 Å². The lowest BCUT2D eigenvalue weighted by Crippen LogP contribution is -2.42. The van der Waals surface area contributed by atoms with Gasteiger partial charge in [-0.25, -0.2) is 0 Å². The molecule has 128 valence electrons. The van der Waals surface area contributed by atoms with E-state index in [1.54, 1.807) is 7.05 Å². The summed E-state index contributed by atoms with van der Waals surface area (Å²) in [6.45, 7) is 6.54. The number of rotatable bonds is 9. The van der Waals surface area contributed by atoms with E-state index in [1.807, 2.05) is 30.3 Å². The molecule has 0 saturated heterocycles. The van der Waals surface area contributed by atoms with Crippen molar-refractivity contribution in [2.45, 2.75) is 20.3 Å². The Bertz CT molecular complexity index is 475. The molecule has 0 heterocycles. The lowest BCUT2D eigenvalue weighted by Gasteiger charge is -2.12. The number of ether oxygens (including phenoxy) is 1. The average Bonchev–Trinajstić information content (AvgIpc) is 2.54. The van der Waals surface area contributed by atoms with Gasteiger partial charge in [-0.1, -0.05) is 32.0 Å². The fraction of sp³-hybridized carbons (Fsp3) is 0.529. The number of hydrogen-bond donors (Lipinski definition) is 3. The van der Waals surface area contributed by atoms with Crippen molar-refractivity contribution in [2.75, 3.05) is 38.7 Å². The highest BCUT2D eigenvalue weighted by atomic mass is 16.5. The number of aliphatic imine (C=N–C) groups is 1. The molecule has 0 atom stereocenters. The number of benzene rings is 1. The number of carbonyl (C=O) groups is 1. The van der Waals surface area contributed by atoms with E-state index in [1.165, 1.54) is 0 Å². The first-order valence-electron chi connectivity index (χ1n) is 7.99. The molecule has 1 aromatic rings. The van der Waals surface area contributed by atoms with Gasteiger partial charge in [0.1, 0.15) is 0 Å². The number of nitrogens with zero attached hydrogens (tertiary/aromatic N) is 1. The largest absolute Gasteiger partial charge is 0.380 e. The molecule has 0 aliphatic rings. The van der Waals surface area contributed by atoms with Crippen molar-refractivity contribution < 1.29 is 9.53 Å². The Hall–Kier alpha value is -2.08. The number of hydrogen-bond acceptors (Lipinski definition) is 3. The summed E-state index contributed by atoms with van der Waals surface area (Å²) in [6.07, 6.45) is 1.06. The predicted molar refractivity (Wildman–Crippen MR) is 94.7 cm³/mol. The molecule has 0 radical (unpaired) electrons. The quantitative estimate of drug-likeness (QED) is 0.369. The summed E-state index contributed by atoms with van der Waals surface area (Å²) in [6, 6.07) is 9.35. The average molecular weight is 320 g/mol. The van der Waals surface area contributed by atoms with Crippen LogP contribution in [0, 0.1) is 5.92 Å². The molecule has 23 heavy (non-hydrogen) atoms. The van der Waals surface area contributed by atoms with Crippen LogP contribution in [0.25, 0.3) is 0 Å². The summed E-state index contributed by atoms with van der Waals surface area (Å²) in [4.78, 5) is 15.9. The molecule has 1 amide bonds. The summed E-state index contributed by atoms with van der Waals surface area (Å²) in [5, 5.41) is 8.89. The third-order valence-corrected chi connectivity index (χ3v) is 3.08. The first-order valence-corrected chi connectivity index (χ1v) is 7.99. The Kier molecular flexibility index (Phi) is 9.47. The van der Waals surface area contributed by atoms with Crippen LogP contribution in [0.15, 0.2) is 35.3 Å². The standard InChI is InChI=1S/C17H28N4O2/c1-14(2)9-11-23-12-10-19-17(18-3)20-13-16(22)21-15-7-5-4-6-8-15/h4-8,14H,9-13H2,1-3H3,(H,21,22)(H2,18,19,20). The zero-order valence-corrected chi connectivity index (χ0v) is 14.3. The minimum Gasteiger partial charge on any atom is -0.380 e. The van der Waals surface area contributed by atoms with Crippen LogP contribution in [-0.2, 0) is 9.53 Å². The fourth-order valence-corrected chi connectivity index (χ4v) is 1.77. The molecular formula is C17H28N4O2. The van der Waals surface area contributed by atoms with Crippen LogP contribution in [0.5, 0.6) is 0 Å². The number of amides is 1. The van der Waals surface area contributed by atoms with Crippen LogP contribution in [0.4, 0.5) is 5.69 Å². The molecule has 1 aromatic carbocycles. The van der Waals surface area contributed by atoms with Gasteiger partial charge in [-0.15, -0.1) is 0 Å². The van der Waals surface area contributed by atoms with Crippen molar-refractivity contribution in [2.24, 2.45) is 10.9 Å². The molecule has 6 heteroatoms. The molecular weight excluding hydrogens is 292 g/mol. The van der Waals surface area contributed by atoms with Gasteiger partial charge in [0, 0.05) is 25.9 Å². The molecule has 0 bridgehead atoms. The minimum absolute atomic E-state index is 0.118. The van der Waals surface area contributed by atoms with Gasteiger partial charge in [0.25, 0.3) is 0 Å². The van der Waals surface area contributed by atoms with Gasteiger partial charge in [0.15, 0.2) is 5.96 Å². The third kappa shape index (κ3) is 9.52. The molecule has 6 nitrogen and oxygen atoms in total. The predicted octanol–water partition coefficient (Wildman–Crippen LogP) is 1.85. The van der Waals surface area contributed by atoms with Crippen molar-refractivity contribution in [3.05, 3.63) is 30.3 Å². The second kappa shape index (κ2) is 11.5. The molecule has 0 saturated carbocycles. The topological polar surface area (TPSA) is 74.8 Å². The zero-order valence-electron chi connectivity index (χ0n) is 14.3. The van der Waals surface area contributed by atoms with Gasteiger partial charge < -0.3 is 20.7 Å². The highest BCUT2D eigenvalue weighted by molar-refractivity contribution is 5.94. The monoisotopic (exact) mass is 320 g/mol. The Morgan fingerprint density at radius 3 is 2.57 bits per heavy atom. The fourth-order valence-electron chi connectivity index (χ4n) is 1.77. The highest BCUT2D eigenvalue weighted by Crippen LogP contribution is 2.03. The van der Waals surface area contributed by atoms with Crippen molar-refractivity contribution in [3.8, 4) is 0 Å². The van der Waals surface area contributed by atoms with Crippen molar-refractivity contribution in [1.82, 2.24) is 10.6 Å². The van der Waals surface area contributed by atoms with E-state index in [0.717, 1.165) is 18.7 Å². The van der Waals surface area contributed by atoms with Crippen molar-refractivity contribution >= 4 is 17.6 Å². The molecule has 1 rings (SSSR count). The number of anilines is 1. The Labute approximate surface area is 138 Å². The van der Waals surface area contributed by atoms with Gasteiger partial charge >= 0.3 is 0 Å². The van der Waals surface area contributed by atoms with Gasteiger partial charge in [-0.3, -0.25) is 9.79 Å². The van der Waals surface area contributed by atoms with Crippen LogP contribution < -0.4 is 16.0 Å². The van der Waals surface area contributed by atoms with Crippen molar-refractivity contribution in [1.29, 1.82) is 0 Å². The maximum Gasteiger partial charge on any atom is 0.243 e. The van der Waals surface area contributed by atoms with Crippen molar-refractivity contribution in [3.63, 3.8) is 0 Å². The highest BCUT2D eigenvalue weighted by Gasteiger charge is 2.03. The van der Waals surface area contributed by atoms with Gasteiger partial charge in [-0.2, -0.15) is 0 Å². The molecule has 3 N–H and O–H groups in total. The van der Waals surface area contributed by atoms with Crippen LogP contribution in [0.1, 0.15) is 20.3 Å². The summed E-state index contributed by atoms with van der Waals surface area (Å²) in [7, 11) is 1.67. The van der Waals surface area contributed by atoms with E-state index in [0.29, 0.717) is 25.0 Å². The van der Waals surface area contributed by atoms with Gasteiger partial charge in [0.2, 0.25) is 5.91 Å². The number of para-hydroxylation sites is 1. The smallest absolute Gasteiger partial charge is 0.243 e. The van der Waals surface area contributed by atoms with E-state index in [2.05, 4.69) is 34.8 Å². The Balaban J connectivity index is 2.15. The second-order valence-electron chi connectivity index (χ2n) is 5.56. The number of carbonyl (C=O) groups excluding carboxylic acids is 1. The van der Waals surface area contributed by atoms with Crippen LogP contribution in [0.3, 0.4) is 0 Å². The molecule has 0 fully saturated rings. The minimum atomic E-state index is -0.118. The summed E-state index contributed by atoms with van der Waals surface area (Å²) < 4.78 is 5.52. The van der Waals surface area contributed by atoms with E-state index in [9.17, 15) is 4.79 Å². The van der Waals surface area contributed by atoms with Gasteiger partial charge in [0.05, 0.1) is 13.2 Å². The molecule has 0 aliphatic carbocycles. The van der Waals surface area contributed by atoms with E-state index < -0.39 is 0 Å². The second-order valence-corrected chi connectivity index (χ2v) is 5.56. The Morgan fingerprint density at radius 2 is 1.91 bits per heavy atom. The lowest BCUT2D eigenvalue weighted by molar-refractivity contribution is -0.115. The maximum atomic E-state index is 11.8. The van der Waals surface area contributed by atoms with Gasteiger partial charge in [-0.05, 0) is 24.5 Å². The van der Waals surface area contributed by atoms with E-state index >= 15 is 0 Å². The Morgan fingerprint density at radius 1 is 1.17 bits per heavy atom. The first-order chi connectivity index (χ1) is 11.1. The van der Waals surface area contributed by atoms with Crippen LogP contribution in [-0.4, -0.2) is 45.2 Å². The maximum absolute atomic E-state index is 11.8. The molecule has 0 unspecified atom stereocenters. The van der Waals surface area contributed by atoms with E-state index in [4.69, 9.17) is 4.74 Å². The normalized spacial score (nSPS) is 11.4. The SMILES string of the molecule is CN=C(NCCOCCC(C)C)NCC(=O)Nc1ccccc1. The first kappa shape index (κ1) is 19.0. The summed E-state index contributed by atoms with van der Waals surface area (Å²) in [5.74, 6) is 1.12. The number of nitrogens with one attached hydrogen (secondary N) is 3. The zero-order chi connectivity index (χ0) is 16.9. The molecule has 0 spiro atoms. The third-order valence-electron chi connectivity index (χ3n) is 3.08. The van der Waals surface area contributed by atoms with Crippen LogP contribution >= 0.6 is 0 Å². The summed E-state index contributed by atoms with van der Waals surface area (Å²) >= 11 is 0. The summed E-state index contributed by atoms with van der Waals surface area (Å²) in [5.41, 5.74) is 0.779. The number of guanidine groups is 1.